The van der Waals surface area contributed by atoms with Gasteiger partial charge in [0, 0.05) is 16.5 Å². The molecule has 3 N–H and O–H groups in total. The number of carbonyl (C=O) groups excluding carboxylic acids is 1. The van der Waals surface area contributed by atoms with Gasteiger partial charge in [-0.3, -0.25) is 4.79 Å². The van der Waals surface area contributed by atoms with Crippen LogP contribution in [0.3, 0.4) is 0 Å². The van der Waals surface area contributed by atoms with E-state index in [9.17, 15) is 4.79 Å². The average molecular weight is 289 g/mol. The summed E-state index contributed by atoms with van der Waals surface area (Å²) in [5.74, 6) is -0.0993. The summed E-state index contributed by atoms with van der Waals surface area (Å²) < 4.78 is 0. The zero-order valence-electron chi connectivity index (χ0n) is 11.9. The number of rotatable bonds is 3. The molecule has 0 fully saturated rings. The Morgan fingerprint density at radius 1 is 1.35 bits per heavy atom. The number of aromatic nitrogens is 1. The first-order valence-corrected chi connectivity index (χ1v) is 7.33. The van der Waals surface area contributed by atoms with Crippen LogP contribution >= 0.6 is 11.3 Å². The Balaban J connectivity index is 2.02. The lowest BCUT2D eigenvalue weighted by Crippen LogP contribution is -2.16. The van der Waals surface area contributed by atoms with Gasteiger partial charge in [0.1, 0.15) is 0 Å². The number of hydrogen-bond donors (Lipinski definition) is 2. The maximum absolute atomic E-state index is 12.0. The van der Waals surface area contributed by atoms with Crippen molar-refractivity contribution in [2.24, 2.45) is 0 Å². The van der Waals surface area contributed by atoms with Gasteiger partial charge in [-0.1, -0.05) is 39.0 Å². The minimum Gasteiger partial charge on any atom is -0.398 e. The van der Waals surface area contributed by atoms with E-state index in [0.717, 1.165) is 11.3 Å². The van der Waals surface area contributed by atoms with Gasteiger partial charge in [-0.05, 0) is 11.6 Å². The Labute approximate surface area is 123 Å². The van der Waals surface area contributed by atoms with Crippen molar-refractivity contribution >= 4 is 28.1 Å². The number of nitrogens with one attached hydrogen (secondary N) is 1. The molecule has 0 aliphatic rings. The highest BCUT2D eigenvalue weighted by molar-refractivity contribution is 7.13. The molecule has 1 aromatic carbocycles. The molecule has 2 aromatic rings. The molecule has 2 rings (SSSR count). The molecule has 0 bridgehead atoms. The molecule has 0 atom stereocenters. The summed E-state index contributed by atoms with van der Waals surface area (Å²) >= 11 is 1.45. The van der Waals surface area contributed by atoms with Crippen LogP contribution in [0.2, 0.25) is 0 Å². The topological polar surface area (TPSA) is 68.0 Å². The third-order valence-corrected chi connectivity index (χ3v) is 3.68. The quantitative estimate of drug-likeness (QED) is 0.853. The van der Waals surface area contributed by atoms with Crippen LogP contribution in [0.15, 0.2) is 29.6 Å². The molecule has 106 valence electrons. The number of para-hydroxylation sites is 1. The van der Waals surface area contributed by atoms with Crippen molar-refractivity contribution in [1.82, 2.24) is 4.98 Å². The summed E-state index contributed by atoms with van der Waals surface area (Å²) in [6.07, 6.45) is 0.261. The zero-order chi connectivity index (χ0) is 14.8. The van der Waals surface area contributed by atoms with Crippen molar-refractivity contribution in [2.45, 2.75) is 32.6 Å². The number of benzene rings is 1. The maximum atomic E-state index is 12.0. The highest BCUT2D eigenvalue weighted by atomic mass is 32.1. The summed E-state index contributed by atoms with van der Waals surface area (Å²) in [6.45, 7) is 6.29. The Morgan fingerprint density at radius 2 is 2.05 bits per heavy atom. The van der Waals surface area contributed by atoms with Crippen LogP contribution in [-0.2, 0) is 16.6 Å². The number of amides is 1. The second kappa shape index (κ2) is 5.63. The Hall–Kier alpha value is -1.88. The van der Waals surface area contributed by atoms with E-state index in [-0.39, 0.29) is 17.7 Å². The fourth-order valence-electron chi connectivity index (χ4n) is 1.71. The molecule has 0 saturated carbocycles. The monoisotopic (exact) mass is 289 g/mol. The molecule has 1 heterocycles. The summed E-state index contributed by atoms with van der Waals surface area (Å²) in [5, 5.41) is 5.44. The number of hydrogen-bond acceptors (Lipinski definition) is 4. The van der Waals surface area contributed by atoms with Crippen LogP contribution < -0.4 is 11.1 Å². The smallest absolute Gasteiger partial charge is 0.230 e. The lowest BCUT2D eigenvalue weighted by atomic mass is 9.93. The molecule has 0 aliphatic carbocycles. The number of nitrogen functional groups attached to an aromatic ring is 1. The number of nitrogens with two attached hydrogens (primary N) is 1. The second-order valence-corrected chi connectivity index (χ2v) is 6.57. The van der Waals surface area contributed by atoms with E-state index < -0.39 is 0 Å². The SMILES string of the molecule is CC(C)(C)c1csc(NC(=O)Cc2ccccc2N)n1. The van der Waals surface area contributed by atoms with Gasteiger partial charge in [0.2, 0.25) is 5.91 Å². The number of nitrogens with zero attached hydrogens (tertiary/aromatic N) is 1. The Morgan fingerprint density at radius 3 is 2.65 bits per heavy atom. The molecule has 0 aliphatic heterocycles. The Kier molecular flexibility index (Phi) is 4.09. The van der Waals surface area contributed by atoms with E-state index in [1.54, 1.807) is 6.07 Å². The molecule has 0 spiro atoms. The van der Waals surface area contributed by atoms with Gasteiger partial charge in [-0.25, -0.2) is 4.98 Å². The number of carbonyl (C=O) groups is 1. The zero-order valence-corrected chi connectivity index (χ0v) is 12.8. The predicted octanol–water partition coefficient (Wildman–Crippen LogP) is 3.20. The molecule has 0 radical (unpaired) electrons. The molecular weight excluding hydrogens is 270 g/mol. The van der Waals surface area contributed by atoms with Crippen molar-refractivity contribution in [2.75, 3.05) is 11.1 Å². The minimum atomic E-state index is -0.0993. The second-order valence-electron chi connectivity index (χ2n) is 5.71. The van der Waals surface area contributed by atoms with Crippen LogP contribution in [0.1, 0.15) is 32.0 Å². The largest absolute Gasteiger partial charge is 0.398 e. The van der Waals surface area contributed by atoms with E-state index >= 15 is 0 Å². The first-order chi connectivity index (χ1) is 9.36. The van der Waals surface area contributed by atoms with Crippen molar-refractivity contribution in [3.63, 3.8) is 0 Å². The number of thiazole rings is 1. The van der Waals surface area contributed by atoms with Crippen molar-refractivity contribution < 1.29 is 4.79 Å². The standard InChI is InChI=1S/C15H19N3OS/c1-15(2,3)12-9-20-14(17-12)18-13(19)8-10-6-4-5-7-11(10)16/h4-7,9H,8,16H2,1-3H3,(H,17,18,19). The van der Waals surface area contributed by atoms with Gasteiger partial charge in [0.15, 0.2) is 5.13 Å². The fraction of sp³-hybridized carbons (Fsp3) is 0.333. The summed E-state index contributed by atoms with van der Waals surface area (Å²) in [7, 11) is 0. The van der Waals surface area contributed by atoms with Crippen LogP contribution in [0.25, 0.3) is 0 Å². The third-order valence-electron chi connectivity index (χ3n) is 2.93. The van der Waals surface area contributed by atoms with Gasteiger partial charge in [-0.2, -0.15) is 0 Å². The first-order valence-electron chi connectivity index (χ1n) is 6.45. The average Bonchev–Trinajstić information content (AvgIpc) is 2.80. The molecular formula is C15H19N3OS. The van der Waals surface area contributed by atoms with Gasteiger partial charge in [0.25, 0.3) is 0 Å². The Bertz CT molecular complexity index is 614. The van der Waals surface area contributed by atoms with E-state index in [1.165, 1.54) is 11.3 Å². The van der Waals surface area contributed by atoms with E-state index in [1.807, 2.05) is 23.6 Å². The van der Waals surface area contributed by atoms with Crippen molar-refractivity contribution in [1.29, 1.82) is 0 Å². The summed E-state index contributed by atoms with van der Waals surface area (Å²) in [5.41, 5.74) is 8.27. The van der Waals surface area contributed by atoms with Crippen molar-refractivity contribution in [3.05, 3.63) is 40.9 Å². The lowest BCUT2D eigenvalue weighted by molar-refractivity contribution is -0.115. The van der Waals surface area contributed by atoms with Gasteiger partial charge < -0.3 is 11.1 Å². The van der Waals surface area contributed by atoms with Crippen LogP contribution in [0.5, 0.6) is 0 Å². The predicted molar refractivity (Wildman–Crippen MR) is 84.0 cm³/mol. The molecule has 1 amide bonds. The fourth-order valence-corrected chi connectivity index (χ4v) is 2.66. The molecule has 0 saturated heterocycles. The summed E-state index contributed by atoms with van der Waals surface area (Å²) in [4.78, 5) is 16.4. The van der Waals surface area contributed by atoms with Crippen LogP contribution in [-0.4, -0.2) is 10.9 Å². The van der Waals surface area contributed by atoms with Gasteiger partial charge >= 0.3 is 0 Å². The van der Waals surface area contributed by atoms with Crippen LogP contribution in [0.4, 0.5) is 10.8 Å². The van der Waals surface area contributed by atoms with E-state index in [0.29, 0.717) is 10.8 Å². The highest BCUT2D eigenvalue weighted by Gasteiger charge is 2.18. The minimum absolute atomic E-state index is 0.0106. The van der Waals surface area contributed by atoms with Crippen molar-refractivity contribution in [3.8, 4) is 0 Å². The van der Waals surface area contributed by atoms with Crippen LogP contribution in [0, 0.1) is 0 Å². The van der Waals surface area contributed by atoms with E-state index in [2.05, 4.69) is 31.1 Å². The van der Waals surface area contributed by atoms with Gasteiger partial charge in [-0.15, -0.1) is 11.3 Å². The molecule has 4 nitrogen and oxygen atoms in total. The molecule has 0 unspecified atom stereocenters. The molecule has 5 heteroatoms. The van der Waals surface area contributed by atoms with E-state index in [4.69, 9.17) is 5.73 Å². The maximum Gasteiger partial charge on any atom is 0.230 e. The highest BCUT2D eigenvalue weighted by Crippen LogP contribution is 2.26. The molecule has 20 heavy (non-hydrogen) atoms. The normalized spacial score (nSPS) is 11.3. The summed E-state index contributed by atoms with van der Waals surface area (Å²) in [6, 6.07) is 7.38. The first kappa shape index (κ1) is 14.5. The van der Waals surface area contributed by atoms with Gasteiger partial charge in [0.05, 0.1) is 12.1 Å². The number of anilines is 2. The third kappa shape index (κ3) is 3.57. The lowest BCUT2D eigenvalue weighted by Gasteiger charge is -2.14. The molecule has 1 aromatic heterocycles.